The van der Waals surface area contributed by atoms with Crippen molar-refractivity contribution in [2.24, 2.45) is 0 Å². The van der Waals surface area contributed by atoms with Crippen molar-refractivity contribution in [3.05, 3.63) is 38.6 Å². The molecule has 2 rings (SSSR count). The normalized spacial score (nSPS) is 10.5. The number of nitrogens with zero attached hydrogens (tertiary/aromatic N) is 2. The van der Waals surface area contributed by atoms with Gasteiger partial charge in [-0.05, 0) is 52.0 Å². The average Bonchev–Trinajstić information content (AvgIpc) is 2.68. The number of hydrogen-bond acceptors (Lipinski definition) is 4. The van der Waals surface area contributed by atoms with E-state index in [0.29, 0.717) is 0 Å². The topological polar surface area (TPSA) is 42.2 Å². The van der Waals surface area contributed by atoms with Crippen LogP contribution in [0, 0.1) is 6.92 Å². The largest absolute Gasteiger partial charge is 0.397 e. The number of nitrogen functional groups attached to an aromatic ring is 1. The van der Waals surface area contributed by atoms with Crippen LogP contribution >= 0.6 is 27.3 Å². The Morgan fingerprint density at radius 2 is 2.24 bits per heavy atom. The van der Waals surface area contributed by atoms with Crippen molar-refractivity contribution in [1.82, 2.24) is 4.98 Å². The molecule has 0 aliphatic rings. The molecule has 0 amide bonds. The lowest BCUT2D eigenvalue weighted by atomic mass is 10.3. The fourth-order valence-corrected chi connectivity index (χ4v) is 2.76. The van der Waals surface area contributed by atoms with E-state index >= 15 is 0 Å². The number of aryl methyl sites for hydroxylation is 1. The monoisotopic (exact) mass is 311 g/mol. The first-order chi connectivity index (χ1) is 8.06. The van der Waals surface area contributed by atoms with Crippen LogP contribution in [0.25, 0.3) is 0 Å². The maximum absolute atomic E-state index is 5.76. The Bertz CT molecular complexity index is 524. The SMILES string of the molecule is Cc1nc(N(C)Cc2csc(Br)c2)ccc1N. The van der Waals surface area contributed by atoms with Crippen LogP contribution in [0.5, 0.6) is 0 Å². The summed E-state index contributed by atoms with van der Waals surface area (Å²) in [5, 5.41) is 2.14. The van der Waals surface area contributed by atoms with Crippen LogP contribution in [-0.2, 0) is 6.54 Å². The van der Waals surface area contributed by atoms with Gasteiger partial charge in [0.2, 0.25) is 0 Å². The number of halogens is 1. The van der Waals surface area contributed by atoms with Crippen LogP contribution in [-0.4, -0.2) is 12.0 Å². The maximum Gasteiger partial charge on any atom is 0.128 e. The van der Waals surface area contributed by atoms with Gasteiger partial charge in [-0.25, -0.2) is 4.98 Å². The highest BCUT2D eigenvalue weighted by Gasteiger charge is 2.06. The fraction of sp³-hybridized carbons (Fsp3) is 0.250. The number of pyridine rings is 1. The number of rotatable bonds is 3. The van der Waals surface area contributed by atoms with Crippen molar-refractivity contribution in [3.63, 3.8) is 0 Å². The summed E-state index contributed by atoms with van der Waals surface area (Å²) >= 11 is 5.16. The second-order valence-corrected chi connectivity index (χ2v) is 6.25. The van der Waals surface area contributed by atoms with Gasteiger partial charge in [0.15, 0.2) is 0 Å². The van der Waals surface area contributed by atoms with Crippen LogP contribution in [0.4, 0.5) is 11.5 Å². The van der Waals surface area contributed by atoms with Crippen molar-refractivity contribution in [2.75, 3.05) is 17.7 Å². The summed E-state index contributed by atoms with van der Waals surface area (Å²) in [6, 6.07) is 5.98. The summed E-state index contributed by atoms with van der Waals surface area (Å²) in [7, 11) is 2.03. The molecule has 0 unspecified atom stereocenters. The lowest BCUT2D eigenvalue weighted by molar-refractivity contribution is 0.896. The van der Waals surface area contributed by atoms with Gasteiger partial charge >= 0.3 is 0 Å². The van der Waals surface area contributed by atoms with Gasteiger partial charge < -0.3 is 10.6 Å². The Morgan fingerprint density at radius 3 is 2.82 bits per heavy atom. The van der Waals surface area contributed by atoms with Crippen molar-refractivity contribution < 1.29 is 0 Å². The quantitative estimate of drug-likeness (QED) is 0.944. The van der Waals surface area contributed by atoms with E-state index in [4.69, 9.17) is 5.73 Å². The molecule has 2 aromatic heterocycles. The lowest BCUT2D eigenvalue weighted by Crippen LogP contribution is -2.17. The lowest BCUT2D eigenvalue weighted by Gasteiger charge is -2.18. The van der Waals surface area contributed by atoms with Crippen LogP contribution in [0.2, 0.25) is 0 Å². The molecule has 0 aromatic carbocycles. The smallest absolute Gasteiger partial charge is 0.128 e. The Labute approximate surface area is 113 Å². The van der Waals surface area contributed by atoms with Crippen molar-refractivity contribution in [1.29, 1.82) is 0 Å². The average molecular weight is 312 g/mol. The minimum Gasteiger partial charge on any atom is -0.397 e. The van der Waals surface area contributed by atoms with Gasteiger partial charge in [-0.3, -0.25) is 0 Å². The van der Waals surface area contributed by atoms with Gasteiger partial charge in [-0.1, -0.05) is 0 Å². The minimum absolute atomic E-state index is 0.737. The van der Waals surface area contributed by atoms with Gasteiger partial charge in [-0.2, -0.15) is 0 Å². The summed E-state index contributed by atoms with van der Waals surface area (Å²) in [4.78, 5) is 6.58. The molecular formula is C12H14BrN3S. The van der Waals surface area contributed by atoms with Gasteiger partial charge in [0.05, 0.1) is 15.2 Å². The van der Waals surface area contributed by atoms with E-state index in [-0.39, 0.29) is 0 Å². The molecule has 2 heterocycles. The Balaban J connectivity index is 2.14. The fourth-order valence-electron chi connectivity index (χ4n) is 1.55. The Kier molecular flexibility index (Phi) is 3.69. The molecule has 0 atom stereocenters. The molecule has 0 saturated carbocycles. The first kappa shape index (κ1) is 12.4. The summed E-state index contributed by atoms with van der Waals surface area (Å²) in [6.07, 6.45) is 0. The molecule has 0 spiro atoms. The van der Waals surface area contributed by atoms with E-state index in [2.05, 4.69) is 37.3 Å². The summed E-state index contributed by atoms with van der Waals surface area (Å²) in [5.41, 5.74) is 8.65. The predicted octanol–water partition coefficient (Wildman–Crippen LogP) is 3.43. The zero-order valence-electron chi connectivity index (χ0n) is 9.77. The molecule has 0 fully saturated rings. The first-order valence-corrected chi connectivity index (χ1v) is 6.90. The van der Waals surface area contributed by atoms with Gasteiger partial charge in [0.1, 0.15) is 5.82 Å². The minimum atomic E-state index is 0.737. The van der Waals surface area contributed by atoms with Crippen LogP contribution in [0.1, 0.15) is 11.3 Å². The van der Waals surface area contributed by atoms with Crippen LogP contribution in [0.15, 0.2) is 27.4 Å². The predicted molar refractivity (Wildman–Crippen MR) is 77.5 cm³/mol. The molecule has 0 saturated heterocycles. The van der Waals surface area contributed by atoms with E-state index in [1.165, 1.54) is 5.56 Å². The highest BCUT2D eigenvalue weighted by atomic mass is 79.9. The van der Waals surface area contributed by atoms with E-state index in [0.717, 1.165) is 27.5 Å². The molecule has 5 heteroatoms. The second-order valence-electron chi connectivity index (χ2n) is 3.96. The van der Waals surface area contributed by atoms with E-state index in [1.807, 2.05) is 26.1 Å². The van der Waals surface area contributed by atoms with Gasteiger partial charge in [0.25, 0.3) is 0 Å². The van der Waals surface area contributed by atoms with Crippen LogP contribution in [0.3, 0.4) is 0 Å². The maximum atomic E-state index is 5.76. The molecule has 0 radical (unpaired) electrons. The molecule has 2 N–H and O–H groups in total. The third-order valence-corrected chi connectivity index (χ3v) is 4.10. The number of thiophene rings is 1. The molecular weight excluding hydrogens is 298 g/mol. The van der Waals surface area contributed by atoms with Crippen molar-refractivity contribution >= 4 is 38.8 Å². The summed E-state index contributed by atoms with van der Waals surface area (Å²) in [5.74, 6) is 0.944. The van der Waals surface area contributed by atoms with Crippen LogP contribution < -0.4 is 10.6 Å². The molecule has 3 nitrogen and oxygen atoms in total. The number of nitrogens with two attached hydrogens (primary N) is 1. The molecule has 90 valence electrons. The Morgan fingerprint density at radius 1 is 1.47 bits per heavy atom. The van der Waals surface area contributed by atoms with E-state index in [9.17, 15) is 0 Å². The summed E-state index contributed by atoms with van der Waals surface area (Å²) < 4.78 is 1.15. The molecule has 2 aromatic rings. The zero-order chi connectivity index (χ0) is 12.4. The van der Waals surface area contributed by atoms with Crippen molar-refractivity contribution in [2.45, 2.75) is 13.5 Å². The van der Waals surface area contributed by atoms with Gasteiger partial charge in [0, 0.05) is 13.6 Å². The molecule has 0 aliphatic heterocycles. The van der Waals surface area contributed by atoms with Crippen molar-refractivity contribution in [3.8, 4) is 0 Å². The molecule has 17 heavy (non-hydrogen) atoms. The third-order valence-electron chi connectivity index (χ3n) is 2.54. The zero-order valence-corrected chi connectivity index (χ0v) is 12.2. The number of anilines is 2. The van der Waals surface area contributed by atoms with E-state index < -0.39 is 0 Å². The number of aromatic nitrogens is 1. The molecule has 0 aliphatic carbocycles. The second kappa shape index (κ2) is 5.06. The highest BCUT2D eigenvalue weighted by Crippen LogP contribution is 2.23. The Hall–Kier alpha value is -1.07. The standard InChI is InChI=1S/C12H14BrN3S/c1-8-10(14)3-4-12(15-8)16(2)6-9-5-11(13)17-7-9/h3-5,7H,6,14H2,1-2H3. The third kappa shape index (κ3) is 2.98. The van der Waals surface area contributed by atoms with Gasteiger partial charge in [-0.15, -0.1) is 11.3 Å². The number of hydrogen-bond donors (Lipinski definition) is 1. The highest BCUT2D eigenvalue weighted by molar-refractivity contribution is 9.11. The first-order valence-electron chi connectivity index (χ1n) is 5.23. The summed E-state index contributed by atoms with van der Waals surface area (Å²) in [6.45, 7) is 2.77. The van der Waals surface area contributed by atoms with E-state index in [1.54, 1.807) is 11.3 Å². The molecule has 0 bridgehead atoms.